The first-order valence-electron chi connectivity index (χ1n) is 8.90. The third-order valence-corrected chi connectivity index (χ3v) is 6.21. The Morgan fingerprint density at radius 1 is 1.11 bits per heavy atom. The Kier molecular flexibility index (Phi) is 4.50. The summed E-state index contributed by atoms with van der Waals surface area (Å²) in [5.41, 5.74) is 1.04. The molecule has 0 saturated carbocycles. The molecule has 0 amide bonds. The molecule has 144 valence electrons. The highest BCUT2D eigenvalue weighted by molar-refractivity contribution is 7.90. The van der Waals surface area contributed by atoms with Gasteiger partial charge in [-0.15, -0.1) is 4.40 Å². The van der Waals surface area contributed by atoms with Crippen LogP contribution in [0.1, 0.15) is 35.7 Å². The molecule has 8 heteroatoms. The number of sulfonamides is 1. The molecule has 7 nitrogen and oxygen atoms in total. The zero-order chi connectivity index (χ0) is 19.9. The van der Waals surface area contributed by atoms with Gasteiger partial charge in [0.1, 0.15) is 16.7 Å². The van der Waals surface area contributed by atoms with Crippen molar-refractivity contribution in [2.24, 2.45) is 4.40 Å². The number of hydrogen-bond donors (Lipinski definition) is 0. The number of rotatable bonds is 3. The number of amidine groups is 1. The minimum absolute atomic E-state index is 0.0704. The molecule has 2 aromatic carbocycles. The number of nitrogens with zero attached hydrogens (tertiary/aromatic N) is 2. The second kappa shape index (κ2) is 6.87. The van der Waals surface area contributed by atoms with Crippen molar-refractivity contribution in [3.8, 4) is 5.75 Å². The van der Waals surface area contributed by atoms with Gasteiger partial charge in [-0.05, 0) is 56.2 Å². The smallest absolute Gasteiger partial charge is 0.334 e. The van der Waals surface area contributed by atoms with E-state index in [9.17, 15) is 18.0 Å². The maximum absolute atomic E-state index is 12.7. The average Bonchev–Trinajstić information content (AvgIpc) is 3.25. The number of Topliss-reactive ketones (excluding diaryl/α,β-unsaturated/α-hetero) is 1. The van der Waals surface area contributed by atoms with Crippen molar-refractivity contribution in [2.45, 2.75) is 30.7 Å². The topological polar surface area (TPSA) is 93.1 Å². The first-order valence-corrected chi connectivity index (χ1v) is 10.3. The third-order valence-electron chi connectivity index (χ3n) is 4.89. The van der Waals surface area contributed by atoms with Gasteiger partial charge in [-0.1, -0.05) is 12.1 Å². The molecule has 0 unspecified atom stereocenters. The number of carbonyl (C=O) groups excluding carboxylic acids is 2. The van der Waals surface area contributed by atoms with Crippen LogP contribution in [0, 0.1) is 0 Å². The molecule has 0 spiro atoms. The molecule has 2 aliphatic rings. The number of carbonyl (C=O) groups is 2. The number of benzene rings is 2. The maximum atomic E-state index is 12.7. The number of likely N-dealkylation sites (tertiary alicyclic amines) is 1. The van der Waals surface area contributed by atoms with Crippen molar-refractivity contribution in [1.29, 1.82) is 0 Å². The van der Waals surface area contributed by atoms with Gasteiger partial charge in [-0.3, -0.25) is 4.79 Å². The van der Waals surface area contributed by atoms with E-state index in [1.807, 2.05) is 0 Å². The van der Waals surface area contributed by atoms with Gasteiger partial charge >= 0.3 is 5.97 Å². The molecule has 1 fully saturated rings. The molecule has 1 saturated heterocycles. The maximum Gasteiger partial charge on any atom is 0.334 e. The number of hydrogen-bond acceptors (Lipinski definition) is 6. The lowest BCUT2D eigenvalue weighted by molar-refractivity contribution is -0.138. The molecule has 4 rings (SSSR count). The first-order chi connectivity index (χ1) is 13.4. The zero-order valence-corrected chi connectivity index (χ0v) is 16.0. The highest BCUT2D eigenvalue weighted by Crippen LogP contribution is 2.31. The Bertz CT molecular complexity index is 1090. The number of ketones is 1. The van der Waals surface area contributed by atoms with Gasteiger partial charge in [-0.25, -0.2) is 4.79 Å². The number of ether oxygens (including phenoxy) is 1. The van der Waals surface area contributed by atoms with Crippen LogP contribution < -0.4 is 4.74 Å². The van der Waals surface area contributed by atoms with Crippen LogP contribution in [0.25, 0.3) is 0 Å². The lowest BCUT2D eigenvalue weighted by Crippen LogP contribution is -2.42. The Morgan fingerprint density at radius 3 is 2.54 bits per heavy atom. The molecular formula is C20H18N2O5S. The molecule has 0 aliphatic carbocycles. The van der Waals surface area contributed by atoms with Crippen LogP contribution in [0.5, 0.6) is 5.75 Å². The summed E-state index contributed by atoms with van der Waals surface area (Å²) in [6.07, 6.45) is 1.27. The van der Waals surface area contributed by atoms with Crippen LogP contribution in [0.3, 0.4) is 0 Å². The predicted octanol–water partition coefficient (Wildman–Crippen LogP) is 2.41. The van der Waals surface area contributed by atoms with Crippen molar-refractivity contribution in [3.63, 3.8) is 0 Å². The molecule has 2 aromatic rings. The third kappa shape index (κ3) is 3.20. The van der Waals surface area contributed by atoms with Crippen LogP contribution in [0.15, 0.2) is 57.8 Å². The summed E-state index contributed by atoms with van der Waals surface area (Å²) in [6, 6.07) is 12.3. The fourth-order valence-corrected chi connectivity index (χ4v) is 4.72. The summed E-state index contributed by atoms with van der Waals surface area (Å²) >= 11 is 0. The van der Waals surface area contributed by atoms with E-state index >= 15 is 0 Å². The standard InChI is InChI=1S/C20H18N2O5S/c1-13(23)14-8-10-15(11-9-14)27-20(24)17-6-4-12-22(17)19-16-5-2-3-7-18(16)28(25,26)21-19/h2-3,5,7-11,17H,4,6,12H2,1H3/t17-/m0/s1. The highest BCUT2D eigenvalue weighted by Gasteiger charge is 2.40. The molecule has 0 N–H and O–H groups in total. The van der Waals surface area contributed by atoms with E-state index in [0.717, 1.165) is 6.42 Å². The van der Waals surface area contributed by atoms with E-state index in [4.69, 9.17) is 4.74 Å². The highest BCUT2D eigenvalue weighted by atomic mass is 32.2. The Labute approximate surface area is 162 Å². The van der Waals surface area contributed by atoms with Crippen molar-refractivity contribution in [2.75, 3.05) is 6.54 Å². The van der Waals surface area contributed by atoms with E-state index < -0.39 is 22.0 Å². The van der Waals surface area contributed by atoms with E-state index in [0.29, 0.717) is 35.7 Å². The van der Waals surface area contributed by atoms with Gasteiger partial charge in [0.25, 0.3) is 10.0 Å². The van der Waals surface area contributed by atoms with Gasteiger partial charge < -0.3 is 9.64 Å². The van der Waals surface area contributed by atoms with Crippen molar-refractivity contribution in [3.05, 3.63) is 59.7 Å². The molecule has 28 heavy (non-hydrogen) atoms. The molecule has 2 aliphatic heterocycles. The molecule has 2 heterocycles. The van der Waals surface area contributed by atoms with E-state index in [2.05, 4.69) is 4.40 Å². The molecular weight excluding hydrogens is 380 g/mol. The van der Waals surface area contributed by atoms with Gasteiger partial charge in [0.15, 0.2) is 11.6 Å². The van der Waals surface area contributed by atoms with Crippen LogP contribution in [0.4, 0.5) is 0 Å². The van der Waals surface area contributed by atoms with Crippen molar-refractivity contribution >= 4 is 27.6 Å². The Morgan fingerprint density at radius 2 is 1.82 bits per heavy atom. The SMILES string of the molecule is CC(=O)c1ccc(OC(=O)[C@@H]2CCCN2C2=NS(=O)(=O)c3ccccc32)cc1. The predicted molar refractivity (Wildman–Crippen MR) is 102 cm³/mol. The summed E-state index contributed by atoms with van der Waals surface area (Å²) in [4.78, 5) is 26.0. The van der Waals surface area contributed by atoms with E-state index in [-0.39, 0.29) is 10.7 Å². The summed E-state index contributed by atoms with van der Waals surface area (Å²) in [5.74, 6) is 0.0849. The molecule has 0 aromatic heterocycles. The Hall–Kier alpha value is -3.00. The second-order valence-corrected chi connectivity index (χ2v) is 8.31. The first kappa shape index (κ1) is 18.4. The van der Waals surface area contributed by atoms with Crippen molar-refractivity contribution < 1.29 is 22.7 Å². The van der Waals surface area contributed by atoms with Gasteiger partial charge in [0.2, 0.25) is 0 Å². The lowest BCUT2D eigenvalue weighted by atomic mass is 10.1. The zero-order valence-electron chi connectivity index (χ0n) is 15.2. The van der Waals surface area contributed by atoms with Crippen LogP contribution >= 0.6 is 0 Å². The van der Waals surface area contributed by atoms with Gasteiger partial charge in [0, 0.05) is 17.7 Å². The summed E-state index contributed by atoms with van der Waals surface area (Å²) in [7, 11) is -3.75. The van der Waals surface area contributed by atoms with Gasteiger partial charge in [0.05, 0.1) is 0 Å². The van der Waals surface area contributed by atoms with Gasteiger partial charge in [-0.2, -0.15) is 8.42 Å². The van der Waals surface area contributed by atoms with E-state index in [1.165, 1.54) is 13.0 Å². The average molecular weight is 398 g/mol. The molecule has 0 bridgehead atoms. The van der Waals surface area contributed by atoms with E-state index in [1.54, 1.807) is 47.4 Å². The monoisotopic (exact) mass is 398 g/mol. The number of esters is 1. The molecule has 1 atom stereocenters. The van der Waals surface area contributed by atoms with Crippen LogP contribution in [-0.2, 0) is 14.8 Å². The molecule has 0 radical (unpaired) electrons. The summed E-state index contributed by atoms with van der Waals surface area (Å²) in [5, 5.41) is 0. The summed E-state index contributed by atoms with van der Waals surface area (Å²) in [6.45, 7) is 1.98. The number of fused-ring (bicyclic) bond motifs is 1. The van der Waals surface area contributed by atoms with Crippen LogP contribution in [0.2, 0.25) is 0 Å². The second-order valence-electron chi connectivity index (χ2n) is 6.74. The van der Waals surface area contributed by atoms with Crippen LogP contribution in [-0.4, -0.2) is 43.5 Å². The largest absolute Gasteiger partial charge is 0.425 e. The minimum atomic E-state index is -3.75. The fraction of sp³-hybridized carbons (Fsp3) is 0.250. The fourth-order valence-electron chi connectivity index (χ4n) is 3.50. The normalized spacial score (nSPS) is 19.8. The summed E-state index contributed by atoms with van der Waals surface area (Å²) < 4.78 is 34.0. The quantitative estimate of drug-likeness (QED) is 0.448. The minimum Gasteiger partial charge on any atom is -0.425 e. The van der Waals surface area contributed by atoms with Crippen molar-refractivity contribution in [1.82, 2.24) is 4.90 Å². The lowest BCUT2D eigenvalue weighted by Gasteiger charge is -2.24. The Balaban J connectivity index is 1.57.